The van der Waals surface area contributed by atoms with Crippen LogP contribution in [0.1, 0.15) is 6.42 Å². The van der Waals surface area contributed by atoms with Gasteiger partial charge in [-0.3, -0.25) is 14.1 Å². The van der Waals surface area contributed by atoms with Crippen molar-refractivity contribution in [3.05, 3.63) is 47.1 Å². The summed E-state index contributed by atoms with van der Waals surface area (Å²) in [4.78, 5) is 23.3. The molecule has 0 aromatic heterocycles. The Hall–Kier alpha value is -1.99. The first-order valence-electron chi connectivity index (χ1n) is 4.99. The van der Waals surface area contributed by atoms with Gasteiger partial charge in [0, 0.05) is 18.4 Å². The molecule has 0 bridgehead atoms. The van der Waals surface area contributed by atoms with Crippen LogP contribution in [0.2, 0.25) is 0 Å². The number of nitrogens with zero attached hydrogens (tertiary/aromatic N) is 1. The van der Waals surface area contributed by atoms with Crippen molar-refractivity contribution in [1.29, 1.82) is 0 Å². The number of hydrogen-bond donors (Lipinski definition) is 1. The van der Waals surface area contributed by atoms with Crippen molar-refractivity contribution in [3.63, 3.8) is 0 Å². The number of rotatable bonds is 2. The Labute approximate surface area is 103 Å². The molecule has 18 heavy (non-hydrogen) atoms. The molecule has 6 nitrogen and oxygen atoms in total. The molecule has 0 aromatic carbocycles. The summed E-state index contributed by atoms with van der Waals surface area (Å²) in [5.41, 5.74) is 0.591. The number of hydrogen-bond acceptors (Lipinski definition) is 4. The summed E-state index contributed by atoms with van der Waals surface area (Å²) in [6.07, 6.45) is 7.82. The van der Waals surface area contributed by atoms with E-state index >= 15 is 0 Å². The smallest absolute Gasteiger partial charge is 0.282 e. The van der Waals surface area contributed by atoms with Gasteiger partial charge in [-0.1, -0.05) is 12.2 Å². The first-order chi connectivity index (χ1) is 8.38. The number of carbonyl (C=O) groups excluding carboxylic acids is 2. The minimum atomic E-state index is -4.21. The van der Waals surface area contributed by atoms with Gasteiger partial charge in [-0.25, -0.2) is 4.90 Å². The third-order valence-corrected chi connectivity index (χ3v) is 3.34. The predicted molar refractivity (Wildman–Crippen MR) is 62.5 cm³/mol. The topological polar surface area (TPSA) is 91.8 Å². The molecule has 0 fully saturated rings. The van der Waals surface area contributed by atoms with E-state index in [9.17, 15) is 18.0 Å². The maximum absolute atomic E-state index is 11.3. The van der Waals surface area contributed by atoms with E-state index in [1.807, 2.05) is 0 Å². The van der Waals surface area contributed by atoms with Gasteiger partial charge in [0.15, 0.2) is 0 Å². The zero-order chi connectivity index (χ0) is 13.3. The molecule has 94 valence electrons. The molecule has 0 unspecified atom stereocenters. The van der Waals surface area contributed by atoms with Gasteiger partial charge in [0.25, 0.3) is 21.9 Å². The van der Waals surface area contributed by atoms with Crippen LogP contribution in [0.15, 0.2) is 47.1 Å². The Kier molecular flexibility index (Phi) is 3.02. The molecule has 0 aromatic rings. The van der Waals surface area contributed by atoms with E-state index < -0.39 is 21.9 Å². The fourth-order valence-electron chi connectivity index (χ4n) is 1.54. The van der Waals surface area contributed by atoms with Gasteiger partial charge in [0.2, 0.25) is 0 Å². The highest BCUT2D eigenvalue weighted by Crippen LogP contribution is 2.20. The van der Waals surface area contributed by atoms with Crippen LogP contribution >= 0.6 is 0 Å². The molecule has 2 rings (SSSR count). The van der Waals surface area contributed by atoms with Crippen molar-refractivity contribution >= 4 is 21.9 Å². The van der Waals surface area contributed by atoms with Gasteiger partial charge < -0.3 is 0 Å². The molecule has 0 radical (unpaired) electrons. The first kappa shape index (κ1) is 12.5. The molecule has 0 saturated carbocycles. The summed E-state index contributed by atoms with van der Waals surface area (Å²) in [5.74, 6) is -0.879. The Bertz CT molecular complexity index is 618. The maximum Gasteiger partial charge on any atom is 0.294 e. The lowest BCUT2D eigenvalue weighted by Gasteiger charge is -2.12. The van der Waals surface area contributed by atoms with Crippen molar-refractivity contribution in [2.75, 3.05) is 0 Å². The molecule has 7 heteroatoms. The van der Waals surface area contributed by atoms with Crippen LogP contribution < -0.4 is 0 Å². The summed E-state index contributed by atoms with van der Waals surface area (Å²) in [7, 11) is -4.21. The van der Waals surface area contributed by atoms with Crippen LogP contribution in [0.4, 0.5) is 0 Å². The second kappa shape index (κ2) is 4.35. The molecule has 0 spiro atoms. The normalized spacial score (nSPS) is 21.9. The van der Waals surface area contributed by atoms with Gasteiger partial charge in [-0.05, 0) is 18.1 Å². The van der Waals surface area contributed by atoms with E-state index in [-0.39, 0.29) is 11.3 Å². The van der Waals surface area contributed by atoms with Gasteiger partial charge >= 0.3 is 0 Å². The molecule has 2 aliphatic rings. The lowest BCUT2D eigenvalue weighted by molar-refractivity contribution is -0.133. The molecular formula is C11H9NO5S. The highest BCUT2D eigenvalue weighted by molar-refractivity contribution is 7.90. The van der Waals surface area contributed by atoms with E-state index in [1.54, 1.807) is 0 Å². The quantitative estimate of drug-likeness (QED) is 0.582. The molecule has 1 heterocycles. The van der Waals surface area contributed by atoms with Crippen LogP contribution in [0.25, 0.3) is 0 Å². The van der Waals surface area contributed by atoms with E-state index in [0.29, 0.717) is 5.57 Å². The number of carbonyl (C=O) groups is 2. The van der Waals surface area contributed by atoms with E-state index in [1.165, 1.54) is 24.4 Å². The highest BCUT2D eigenvalue weighted by Gasteiger charge is 2.22. The standard InChI is InChI=1S/C11H9NO5S/c13-10-5-6-11(14)12(10)7-8-1-3-9(4-2-8)18(15,16)17/h1,3-7H,2H2,(H,15,16,17). The third kappa shape index (κ3) is 2.47. The Balaban J connectivity index is 2.17. The summed E-state index contributed by atoms with van der Waals surface area (Å²) in [6.45, 7) is 0. The van der Waals surface area contributed by atoms with Crippen LogP contribution in [0.3, 0.4) is 0 Å². The Morgan fingerprint density at radius 1 is 1.11 bits per heavy atom. The average molecular weight is 267 g/mol. The van der Waals surface area contributed by atoms with Crippen LogP contribution in [-0.2, 0) is 19.7 Å². The molecule has 1 N–H and O–H groups in total. The monoisotopic (exact) mass is 267 g/mol. The molecular weight excluding hydrogens is 258 g/mol. The third-order valence-electron chi connectivity index (χ3n) is 2.44. The second-order valence-electron chi connectivity index (χ2n) is 3.70. The zero-order valence-corrected chi connectivity index (χ0v) is 9.92. The fraction of sp³-hybridized carbons (Fsp3) is 0.0909. The van der Waals surface area contributed by atoms with Crippen LogP contribution in [0.5, 0.6) is 0 Å². The summed E-state index contributed by atoms with van der Waals surface area (Å²) in [5, 5.41) is 0. The summed E-state index contributed by atoms with van der Waals surface area (Å²) in [6, 6.07) is 0. The minimum absolute atomic E-state index is 0.197. The highest BCUT2D eigenvalue weighted by atomic mass is 32.2. The maximum atomic E-state index is 11.3. The first-order valence-corrected chi connectivity index (χ1v) is 6.43. The zero-order valence-electron chi connectivity index (χ0n) is 9.11. The second-order valence-corrected chi connectivity index (χ2v) is 5.12. The van der Waals surface area contributed by atoms with Crippen LogP contribution in [0, 0.1) is 0 Å². The van der Waals surface area contributed by atoms with Gasteiger partial charge in [0.1, 0.15) is 0 Å². The number of amides is 2. The van der Waals surface area contributed by atoms with Crippen molar-refractivity contribution in [2.45, 2.75) is 6.42 Å². The summed E-state index contributed by atoms with van der Waals surface area (Å²) >= 11 is 0. The van der Waals surface area contributed by atoms with Gasteiger partial charge in [0.05, 0.1) is 4.91 Å². The van der Waals surface area contributed by atoms with E-state index in [0.717, 1.165) is 17.1 Å². The van der Waals surface area contributed by atoms with Crippen molar-refractivity contribution in [2.24, 2.45) is 0 Å². The number of allylic oxidation sites excluding steroid dienone is 4. The lowest BCUT2D eigenvalue weighted by atomic mass is 10.1. The Morgan fingerprint density at radius 3 is 2.17 bits per heavy atom. The van der Waals surface area contributed by atoms with Gasteiger partial charge in [-0.15, -0.1) is 0 Å². The predicted octanol–water partition coefficient (Wildman–Crippen LogP) is 0.527. The van der Waals surface area contributed by atoms with Crippen molar-refractivity contribution in [1.82, 2.24) is 4.90 Å². The van der Waals surface area contributed by atoms with E-state index in [4.69, 9.17) is 4.55 Å². The summed E-state index contributed by atoms with van der Waals surface area (Å²) < 4.78 is 30.5. The lowest BCUT2D eigenvalue weighted by Crippen LogP contribution is -2.24. The molecule has 0 saturated heterocycles. The Morgan fingerprint density at radius 2 is 1.72 bits per heavy atom. The fourth-order valence-corrected chi connectivity index (χ4v) is 2.07. The minimum Gasteiger partial charge on any atom is -0.282 e. The van der Waals surface area contributed by atoms with Crippen LogP contribution in [-0.4, -0.2) is 29.7 Å². The molecule has 2 amide bonds. The average Bonchev–Trinajstić information content (AvgIpc) is 2.60. The number of imide groups is 1. The molecule has 1 aliphatic heterocycles. The molecule has 1 aliphatic carbocycles. The van der Waals surface area contributed by atoms with E-state index in [2.05, 4.69) is 0 Å². The van der Waals surface area contributed by atoms with Crippen molar-refractivity contribution < 1.29 is 22.6 Å². The van der Waals surface area contributed by atoms with Crippen molar-refractivity contribution in [3.8, 4) is 0 Å². The largest absolute Gasteiger partial charge is 0.294 e. The van der Waals surface area contributed by atoms with Gasteiger partial charge in [-0.2, -0.15) is 8.42 Å². The SMILES string of the molecule is O=C1C=CC(=O)N1C=C1C=CC(S(=O)(=O)O)=CC1. The molecule has 0 atom stereocenters.